The number of nitrogens with one attached hydrogen (secondary N) is 1. The molecule has 1 aliphatic rings. The van der Waals surface area contributed by atoms with E-state index in [1.165, 1.54) is 12.1 Å². The lowest BCUT2D eigenvalue weighted by Crippen LogP contribution is -2.19. The lowest BCUT2D eigenvalue weighted by molar-refractivity contribution is -0.117. The molecule has 1 atom stereocenters. The van der Waals surface area contributed by atoms with E-state index in [1.54, 1.807) is 29.7 Å². The van der Waals surface area contributed by atoms with E-state index in [2.05, 4.69) is 10.3 Å². The highest BCUT2D eigenvalue weighted by atomic mass is 32.1. The summed E-state index contributed by atoms with van der Waals surface area (Å²) < 4.78 is 13.2. The van der Waals surface area contributed by atoms with Gasteiger partial charge in [0.05, 0.1) is 10.6 Å². The molecule has 0 saturated heterocycles. The summed E-state index contributed by atoms with van der Waals surface area (Å²) in [4.78, 5) is 22.5. The predicted molar refractivity (Wildman–Crippen MR) is 92.0 cm³/mol. The molecule has 3 aromatic rings. The van der Waals surface area contributed by atoms with Gasteiger partial charge < -0.3 is 5.32 Å². The summed E-state index contributed by atoms with van der Waals surface area (Å²) in [5.41, 5.74) is 2.12. The van der Waals surface area contributed by atoms with Crippen molar-refractivity contribution in [2.75, 3.05) is 5.32 Å². The van der Waals surface area contributed by atoms with Crippen LogP contribution in [0.2, 0.25) is 0 Å². The monoisotopic (exact) mass is 337 g/mol. The number of hydrogen-bond donors (Lipinski definition) is 1. The van der Waals surface area contributed by atoms with Gasteiger partial charge >= 0.3 is 0 Å². The molecule has 118 valence electrons. The molecule has 4 rings (SSSR count). The van der Waals surface area contributed by atoms with Crippen LogP contribution in [0.4, 0.5) is 10.2 Å². The number of aromatic nitrogens is 1. The first kappa shape index (κ1) is 14.7. The van der Waals surface area contributed by atoms with Gasteiger partial charge in [0.15, 0.2) is 6.04 Å². The average Bonchev–Trinajstić information content (AvgIpc) is 3.07. The van der Waals surface area contributed by atoms with Gasteiger partial charge in [-0.1, -0.05) is 18.2 Å². The zero-order valence-corrected chi connectivity index (χ0v) is 13.3. The minimum absolute atomic E-state index is 0.284. The van der Waals surface area contributed by atoms with Crippen molar-refractivity contribution in [1.82, 2.24) is 4.98 Å². The summed E-state index contributed by atoms with van der Waals surface area (Å²) in [6, 6.07) is 12.7. The van der Waals surface area contributed by atoms with Crippen molar-refractivity contribution in [2.24, 2.45) is 4.99 Å². The quantitative estimate of drug-likeness (QED) is 0.773. The first-order chi connectivity index (χ1) is 11.7. The lowest BCUT2D eigenvalue weighted by Gasteiger charge is -2.11. The molecule has 0 radical (unpaired) electrons. The molecule has 1 N–H and O–H groups in total. The van der Waals surface area contributed by atoms with Crippen molar-refractivity contribution in [3.05, 3.63) is 81.9 Å². The Labute approximate surface area is 141 Å². The number of anilines is 1. The van der Waals surface area contributed by atoms with Gasteiger partial charge in [-0.25, -0.2) is 9.37 Å². The Bertz CT molecular complexity index is 920. The van der Waals surface area contributed by atoms with Crippen molar-refractivity contribution < 1.29 is 9.18 Å². The number of nitrogens with zero attached hydrogens (tertiary/aromatic N) is 2. The number of halogens is 1. The molecule has 0 fully saturated rings. The Morgan fingerprint density at radius 2 is 1.92 bits per heavy atom. The molecule has 0 saturated carbocycles. The fourth-order valence-electron chi connectivity index (χ4n) is 2.62. The molecule has 4 nitrogen and oxygen atoms in total. The number of rotatable bonds is 2. The molecular weight excluding hydrogens is 325 g/mol. The molecule has 3 heterocycles. The molecule has 0 aliphatic carbocycles. The van der Waals surface area contributed by atoms with Crippen LogP contribution >= 0.6 is 11.3 Å². The fraction of sp³-hybridized carbons (Fsp3) is 0.0556. The number of aliphatic imine (C=N–C) groups is 1. The summed E-state index contributed by atoms with van der Waals surface area (Å²) in [5.74, 6) is -0.146. The van der Waals surface area contributed by atoms with Crippen LogP contribution in [0.25, 0.3) is 0 Å². The lowest BCUT2D eigenvalue weighted by atomic mass is 10.1. The van der Waals surface area contributed by atoms with Gasteiger partial charge in [-0.3, -0.25) is 9.79 Å². The number of fused-ring (bicyclic) bond motifs is 1. The molecule has 1 amide bonds. The summed E-state index contributed by atoms with van der Waals surface area (Å²) in [7, 11) is 0. The maximum atomic E-state index is 13.2. The Kier molecular flexibility index (Phi) is 3.66. The van der Waals surface area contributed by atoms with E-state index >= 15 is 0 Å². The first-order valence-corrected chi connectivity index (χ1v) is 8.24. The SMILES string of the molecule is O=C1Nc2ncccc2C(c2cccs2)=NC1c1ccc(F)cc1. The Hall–Kier alpha value is -2.86. The minimum atomic E-state index is -0.753. The summed E-state index contributed by atoms with van der Waals surface area (Å²) >= 11 is 1.55. The van der Waals surface area contributed by atoms with E-state index in [9.17, 15) is 9.18 Å². The van der Waals surface area contributed by atoms with Gasteiger partial charge in [-0.2, -0.15) is 0 Å². The highest BCUT2D eigenvalue weighted by molar-refractivity contribution is 7.12. The number of pyridine rings is 1. The Morgan fingerprint density at radius 3 is 2.67 bits per heavy atom. The third kappa shape index (κ3) is 2.61. The molecule has 1 aliphatic heterocycles. The van der Waals surface area contributed by atoms with Crippen LogP contribution in [0.1, 0.15) is 22.0 Å². The second kappa shape index (κ2) is 5.98. The number of amides is 1. The van der Waals surface area contributed by atoms with Gasteiger partial charge in [-0.15, -0.1) is 11.3 Å². The Balaban J connectivity index is 1.89. The third-order valence-corrected chi connectivity index (χ3v) is 4.63. The summed E-state index contributed by atoms with van der Waals surface area (Å²) in [5, 5.41) is 4.78. The topological polar surface area (TPSA) is 54.4 Å². The van der Waals surface area contributed by atoms with E-state index in [1.807, 2.05) is 29.6 Å². The fourth-order valence-corrected chi connectivity index (χ4v) is 3.35. The van der Waals surface area contributed by atoms with E-state index in [0.29, 0.717) is 17.1 Å². The highest BCUT2D eigenvalue weighted by Crippen LogP contribution is 2.29. The third-order valence-electron chi connectivity index (χ3n) is 3.75. The van der Waals surface area contributed by atoms with Gasteiger partial charge in [0.1, 0.15) is 11.6 Å². The van der Waals surface area contributed by atoms with Crippen molar-refractivity contribution in [2.45, 2.75) is 6.04 Å². The predicted octanol–water partition coefficient (Wildman–Crippen LogP) is 3.81. The van der Waals surface area contributed by atoms with Gasteiger partial charge in [0, 0.05) is 11.8 Å². The van der Waals surface area contributed by atoms with E-state index in [4.69, 9.17) is 4.99 Å². The molecule has 0 spiro atoms. The molecule has 6 heteroatoms. The van der Waals surface area contributed by atoms with E-state index in [-0.39, 0.29) is 11.7 Å². The number of benzene rings is 1. The van der Waals surface area contributed by atoms with Crippen molar-refractivity contribution in [3.8, 4) is 0 Å². The average molecular weight is 337 g/mol. The minimum Gasteiger partial charge on any atom is -0.308 e. The van der Waals surface area contributed by atoms with Crippen LogP contribution in [-0.4, -0.2) is 16.6 Å². The van der Waals surface area contributed by atoms with Crippen LogP contribution in [0.15, 0.2) is 65.1 Å². The van der Waals surface area contributed by atoms with Crippen LogP contribution in [-0.2, 0) is 4.79 Å². The van der Waals surface area contributed by atoms with Crippen LogP contribution < -0.4 is 5.32 Å². The number of hydrogen-bond acceptors (Lipinski definition) is 4. The summed E-state index contributed by atoms with van der Waals surface area (Å²) in [6.45, 7) is 0. The van der Waals surface area contributed by atoms with Crippen LogP contribution in [0.3, 0.4) is 0 Å². The first-order valence-electron chi connectivity index (χ1n) is 7.36. The van der Waals surface area contributed by atoms with Gasteiger partial charge in [0.2, 0.25) is 0 Å². The van der Waals surface area contributed by atoms with Crippen LogP contribution in [0, 0.1) is 5.82 Å². The molecule has 24 heavy (non-hydrogen) atoms. The zero-order valence-electron chi connectivity index (χ0n) is 12.4. The standard InChI is InChI=1S/C18H12FN3OS/c19-12-7-5-11(6-8-12)15-18(23)22-17-13(3-1-9-20-17)16(21-15)14-4-2-10-24-14/h1-10,15H,(H,20,22,23). The smallest absolute Gasteiger partial charge is 0.254 e. The zero-order chi connectivity index (χ0) is 16.5. The Morgan fingerprint density at radius 1 is 1.08 bits per heavy atom. The molecule has 2 aromatic heterocycles. The van der Waals surface area contributed by atoms with Crippen molar-refractivity contribution in [1.29, 1.82) is 0 Å². The van der Waals surface area contributed by atoms with E-state index in [0.717, 1.165) is 10.4 Å². The molecule has 0 bridgehead atoms. The van der Waals surface area contributed by atoms with E-state index < -0.39 is 6.04 Å². The second-order valence-corrected chi connectivity index (χ2v) is 6.25. The number of carbonyl (C=O) groups is 1. The van der Waals surface area contributed by atoms with Crippen molar-refractivity contribution >= 4 is 28.8 Å². The summed E-state index contributed by atoms with van der Waals surface area (Å²) in [6.07, 6.45) is 1.63. The van der Waals surface area contributed by atoms with Gasteiger partial charge in [-0.05, 0) is 41.3 Å². The number of thiophene rings is 1. The maximum Gasteiger partial charge on any atom is 0.254 e. The molecular formula is C18H12FN3OS. The van der Waals surface area contributed by atoms with Crippen molar-refractivity contribution in [3.63, 3.8) is 0 Å². The largest absolute Gasteiger partial charge is 0.308 e. The van der Waals surface area contributed by atoms with Gasteiger partial charge in [0.25, 0.3) is 5.91 Å². The molecule has 1 aromatic carbocycles. The number of carbonyl (C=O) groups excluding carboxylic acids is 1. The van der Waals surface area contributed by atoms with Crippen LogP contribution in [0.5, 0.6) is 0 Å². The normalized spacial score (nSPS) is 16.8. The second-order valence-electron chi connectivity index (χ2n) is 5.30. The molecule has 1 unspecified atom stereocenters. The highest BCUT2D eigenvalue weighted by Gasteiger charge is 2.28. The maximum absolute atomic E-state index is 13.2.